The molecule has 1 aromatic rings. The van der Waals surface area contributed by atoms with Gasteiger partial charge in [-0.1, -0.05) is 0 Å². The first-order valence-corrected chi connectivity index (χ1v) is 2.88. The van der Waals surface area contributed by atoms with Crippen LogP contribution in [-0.4, -0.2) is 0 Å². The van der Waals surface area contributed by atoms with Gasteiger partial charge in [0.1, 0.15) is 5.82 Å². The minimum absolute atomic E-state index is 0.347. The fraction of sp³-hybridized carbons (Fsp3) is 0. The minimum atomic E-state index is -0.347. The van der Waals surface area contributed by atoms with Gasteiger partial charge in [-0.05, 0) is 18.2 Å². The molecule has 0 saturated heterocycles. The summed E-state index contributed by atoms with van der Waals surface area (Å²) in [6.45, 7) is 0. The largest absolute Gasteiger partial charge is 0.399 e. The van der Waals surface area contributed by atoms with E-state index in [2.05, 4.69) is 12.6 Å². The van der Waals surface area contributed by atoms with Crippen LogP contribution < -0.4 is 5.73 Å². The number of hydrogen-bond donors (Lipinski definition) is 2. The summed E-state index contributed by atoms with van der Waals surface area (Å²) in [5.41, 5.74) is 5.67. The molecule has 0 aliphatic carbocycles. The van der Waals surface area contributed by atoms with Gasteiger partial charge >= 0.3 is 0 Å². The minimum Gasteiger partial charge on any atom is -0.399 e. The van der Waals surface area contributed by atoms with Crippen LogP contribution in [0.1, 0.15) is 0 Å². The van der Waals surface area contributed by atoms with Crippen molar-refractivity contribution in [1.82, 2.24) is 0 Å². The highest BCUT2D eigenvalue weighted by atomic mass is 32.1. The molecule has 3 heteroatoms. The first kappa shape index (κ1) is 6.42. The Morgan fingerprint density at radius 2 is 2.00 bits per heavy atom. The van der Waals surface area contributed by atoms with Crippen LogP contribution in [0.15, 0.2) is 23.1 Å². The molecule has 0 saturated carbocycles. The number of anilines is 1. The predicted molar refractivity (Wildman–Crippen MR) is 38.1 cm³/mol. The normalized spacial score (nSPS) is 9.56. The first-order chi connectivity index (χ1) is 4.18. The predicted octanol–water partition coefficient (Wildman–Crippen LogP) is 1.70. The van der Waals surface area contributed by atoms with Crippen molar-refractivity contribution in [2.45, 2.75) is 4.90 Å². The van der Waals surface area contributed by atoms with Gasteiger partial charge < -0.3 is 5.73 Å². The van der Waals surface area contributed by atoms with Gasteiger partial charge in [0, 0.05) is 10.6 Å². The molecule has 0 atom stereocenters. The average molecular weight is 143 g/mol. The monoisotopic (exact) mass is 143 g/mol. The van der Waals surface area contributed by atoms with E-state index in [4.69, 9.17) is 5.73 Å². The number of nitrogens with two attached hydrogens (primary N) is 1. The second-order valence-electron chi connectivity index (χ2n) is 1.74. The Kier molecular flexibility index (Phi) is 1.62. The molecule has 0 aliphatic heterocycles. The fourth-order valence-electron chi connectivity index (χ4n) is 0.596. The summed E-state index contributed by atoms with van der Waals surface area (Å²) < 4.78 is 12.3. The second kappa shape index (κ2) is 2.27. The van der Waals surface area contributed by atoms with E-state index in [1.54, 1.807) is 6.07 Å². The fourth-order valence-corrected chi connectivity index (χ4v) is 0.869. The molecule has 0 aromatic heterocycles. The number of rotatable bonds is 0. The van der Waals surface area contributed by atoms with Crippen LogP contribution in [0.5, 0.6) is 0 Å². The number of benzene rings is 1. The summed E-state index contributed by atoms with van der Waals surface area (Å²) in [5, 5.41) is 0. The maximum Gasteiger partial charge on any atom is 0.126 e. The number of hydrogen-bond acceptors (Lipinski definition) is 2. The van der Waals surface area contributed by atoms with E-state index in [9.17, 15) is 4.39 Å². The molecule has 0 aliphatic rings. The maximum absolute atomic E-state index is 12.3. The van der Waals surface area contributed by atoms with Crippen LogP contribution in [0.4, 0.5) is 10.1 Å². The molecule has 9 heavy (non-hydrogen) atoms. The summed E-state index contributed by atoms with van der Waals surface area (Å²) in [4.78, 5) is 0.549. The van der Waals surface area contributed by atoms with Crippen molar-refractivity contribution in [3.05, 3.63) is 24.0 Å². The van der Waals surface area contributed by atoms with Crippen LogP contribution in [0.2, 0.25) is 0 Å². The molecule has 0 unspecified atom stereocenters. The van der Waals surface area contributed by atoms with E-state index >= 15 is 0 Å². The Morgan fingerprint density at radius 1 is 1.33 bits per heavy atom. The Morgan fingerprint density at radius 3 is 2.44 bits per heavy atom. The van der Waals surface area contributed by atoms with Gasteiger partial charge in [0.15, 0.2) is 0 Å². The zero-order valence-electron chi connectivity index (χ0n) is 4.63. The Balaban J connectivity index is 3.17. The zero-order chi connectivity index (χ0) is 6.85. The molecular formula is C6H6FNS. The lowest BCUT2D eigenvalue weighted by Gasteiger charge is -1.93. The van der Waals surface area contributed by atoms with Crippen LogP contribution in [-0.2, 0) is 0 Å². The molecule has 0 radical (unpaired) electrons. The third-order valence-corrected chi connectivity index (χ3v) is 1.16. The molecule has 0 fully saturated rings. The van der Waals surface area contributed by atoms with Crippen molar-refractivity contribution >= 4 is 18.3 Å². The molecule has 0 amide bonds. The standard InChI is InChI=1S/C6H6FNS/c7-4-1-5(8)3-6(9)2-4/h1-3,9H,8H2. The van der Waals surface area contributed by atoms with E-state index in [1.165, 1.54) is 12.1 Å². The van der Waals surface area contributed by atoms with E-state index < -0.39 is 0 Å². The maximum atomic E-state index is 12.3. The van der Waals surface area contributed by atoms with Crippen LogP contribution in [0.25, 0.3) is 0 Å². The topological polar surface area (TPSA) is 26.0 Å². The molecule has 1 nitrogen and oxygen atoms in total. The number of halogens is 1. The van der Waals surface area contributed by atoms with Gasteiger partial charge in [-0.3, -0.25) is 0 Å². The lowest BCUT2D eigenvalue weighted by Crippen LogP contribution is -1.85. The lowest BCUT2D eigenvalue weighted by molar-refractivity contribution is 0.625. The molecule has 2 N–H and O–H groups in total. The van der Waals surface area contributed by atoms with Gasteiger partial charge in [-0.25, -0.2) is 4.39 Å². The lowest BCUT2D eigenvalue weighted by atomic mass is 10.3. The SMILES string of the molecule is Nc1cc(F)cc(S)c1. The first-order valence-electron chi connectivity index (χ1n) is 2.43. The molecule has 0 spiro atoms. The quantitative estimate of drug-likeness (QED) is 0.419. The van der Waals surface area contributed by atoms with Gasteiger partial charge in [0.2, 0.25) is 0 Å². The van der Waals surface area contributed by atoms with E-state index in [0.717, 1.165) is 0 Å². The van der Waals surface area contributed by atoms with Gasteiger partial charge in [-0.2, -0.15) is 0 Å². The van der Waals surface area contributed by atoms with Crippen LogP contribution in [0.3, 0.4) is 0 Å². The smallest absolute Gasteiger partial charge is 0.126 e. The zero-order valence-corrected chi connectivity index (χ0v) is 5.53. The highest BCUT2D eigenvalue weighted by Crippen LogP contribution is 2.12. The van der Waals surface area contributed by atoms with Gasteiger partial charge in [0.05, 0.1) is 0 Å². The van der Waals surface area contributed by atoms with Crippen molar-refractivity contribution in [2.24, 2.45) is 0 Å². The van der Waals surface area contributed by atoms with Crippen molar-refractivity contribution in [1.29, 1.82) is 0 Å². The van der Waals surface area contributed by atoms with Crippen molar-refractivity contribution in [3.63, 3.8) is 0 Å². The number of nitrogen functional groups attached to an aromatic ring is 1. The Labute approximate surface area is 58.1 Å². The molecule has 0 heterocycles. The van der Waals surface area contributed by atoms with Crippen molar-refractivity contribution in [2.75, 3.05) is 5.73 Å². The number of thiol groups is 1. The summed E-state index contributed by atoms with van der Waals surface area (Å²) >= 11 is 3.90. The van der Waals surface area contributed by atoms with Crippen LogP contribution in [0, 0.1) is 5.82 Å². The van der Waals surface area contributed by atoms with E-state index in [0.29, 0.717) is 10.6 Å². The molecule has 1 aromatic carbocycles. The van der Waals surface area contributed by atoms with Crippen LogP contribution >= 0.6 is 12.6 Å². The summed E-state index contributed by atoms with van der Waals surface area (Å²) in [6, 6.07) is 4.14. The Bertz CT molecular complexity index is 174. The summed E-state index contributed by atoms with van der Waals surface area (Å²) in [7, 11) is 0. The van der Waals surface area contributed by atoms with Gasteiger partial charge in [-0.15, -0.1) is 12.6 Å². The molecular weight excluding hydrogens is 137 g/mol. The van der Waals surface area contributed by atoms with E-state index in [1.807, 2.05) is 0 Å². The van der Waals surface area contributed by atoms with Crippen molar-refractivity contribution < 1.29 is 4.39 Å². The molecule has 48 valence electrons. The summed E-state index contributed by atoms with van der Waals surface area (Å²) in [6.07, 6.45) is 0. The molecule has 1 rings (SSSR count). The van der Waals surface area contributed by atoms with E-state index in [-0.39, 0.29) is 5.82 Å². The van der Waals surface area contributed by atoms with Crippen molar-refractivity contribution in [3.8, 4) is 0 Å². The molecule has 0 bridgehead atoms. The van der Waals surface area contributed by atoms with Gasteiger partial charge in [0.25, 0.3) is 0 Å². The third kappa shape index (κ3) is 1.61. The average Bonchev–Trinajstić information content (AvgIpc) is 1.59. The second-order valence-corrected chi connectivity index (χ2v) is 2.26. The Hall–Kier alpha value is -0.700. The highest BCUT2D eigenvalue weighted by molar-refractivity contribution is 7.80. The third-order valence-electron chi connectivity index (χ3n) is 0.905. The summed E-state index contributed by atoms with van der Waals surface area (Å²) in [5.74, 6) is -0.347. The highest BCUT2D eigenvalue weighted by Gasteiger charge is 1.92.